The quantitative estimate of drug-likeness (QED) is 0.866. The number of anilines is 1. The van der Waals surface area contributed by atoms with Crippen LogP contribution in [0.5, 0.6) is 0 Å². The molecule has 0 unspecified atom stereocenters. The molecule has 6 heteroatoms. The molecule has 1 aromatic heterocycles. The largest absolute Gasteiger partial charge is 0.304 e. The van der Waals surface area contributed by atoms with Crippen molar-refractivity contribution in [3.63, 3.8) is 0 Å². The Balaban J connectivity index is 0.00000169. The average molecular weight is 236 g/mol. The maximum atomic E-state index is 10.7. The number of nitrogens with one attached hydrogen (secondary N) is 1. The molecule has 0 atom stereocenters. The van der Waals surface area contributed by atoms with Gasteiger partial charge in [-0.2, -0.15) is 0 Å². The molecule has 1 N–H and O–H groups in total. The molecular weight excluding hydrogens is 222 g/mol. The molecule has 0 fully saturated rings. The molecule has 80 valence electrons. The van der Waals surface area contributed by atoms with Gasteiger partial charge in [0.2, 0.25) is 5.91 Å². The highest BCUT2D eigenvalue weighted by molar-refractivity contribution is 7.15. The lowest BCUT2D eigenvalue weighted by Crippen LogP contribution is -2.09. The van der Waals surface area contributed by atoms with Crippen LogP contribution < -0.4 is 5.32 Å². The van der Waals surface area contributed by atoms with Crippen molar-refractivity contribution in [3.8, 4) is 0 Å². The zero-order valence-electron chi connectivity index (χ0n) is 8.40. The molecule has 1 aromatic rings. The second kappa shape index (κ2) is 5.95. The molecule has 1 amide bonds. The maximum absolute atomic E-state index is 10.7. The minimum atomic E-state index is -0.0780. The minimum absolute atomic E-state index is 0. The number of amides is 1. The van der Waals surface area contributed by atoms with Gasteiger partial charge in [-0.1, -0.05) is 0 Å². The number of hydrogen-bond donors (Lipinski definition) is 1. The first-order valence-corrected chi connectivity index (χ1v) is 4.76. The number of thiazole rings is 1. The van der Waals surface area contributed by atoms with Crippen molar-refractivity contribution in [2.75, 3.05) is 19.4 Å². The van der Waals surface area contributed by atoms with Crippen LogP contribution in [-0.2, 0) is 11.3 Å². The van der Waals surface area contributed by atoms with E-state index >= 15 is 0 Å². The summed E-state index contributed by atoms with van der Waals surface area (Å²) in [5.41, 5.74) is 0. The molecule has 1 rings (SSSR count). The van der Waals surface area contributed by atoms with Gasteiger partial charge in [-0.15, -0.1) is 23.7 Å². The van der Waals surface area contributed by atoms with Crippen molar-refractivity contribution in [2.45, 2.75) is 13.5 Å². The number of nitrogens with zero attached hydrogens (tertiary/aromatic N) is 2. The molecule has 0 saturated carbocycles. The third-order valence-electron chi connectivity index (χ3n) is 1.31. The van der Waals surface area contributed by atoms with Gasteiger partial charge in [-0.05, 0) is 14.1 Å². The molecule has 0 aliphatic carbocycles. The highest BCUT2D eigenvalue weighted by atomic mass is 35.5. The average Bonchev–Trinajstić information content (AvgIpc) is 2.33. The molecule has 0 saturated heterocycles. The first-order chi connectivity index (χ1) is 6.08. The van der Waals surface area contributed by atoms with E-state index in [-0.39, 0.29) is 18.3 Å². The Morgan fingerprint density at radius 3 is 2.79 bits per heavy atom. The van der Waals surface area contributed by atoms with Crippen molar-refractivity contribution < 1.29 is 4.79 Å². The summed E-state index contributed by atoms with van der Waals surface area (Å²) >= 11 is 1.50. The van der Waals surface area contributed by atoms with Crippen LogP contribution in [0.4, 0.5) is 5.13 Å². The highest BCUT2D eigenvalue weighted by Gasteiger charge is 2.03. The predicted octanol–water partition coefficient (Wildman–Crippen LogP) is 1.58. The Hall–Kier alpha value is -0.650. The van der Waals surface area contributed by atoms with Crippen molar-refractivity contribution in [3.05, 3.63) is 11.1 Å². The normalized spacial score (nSPS) is 9.71. The number of halogens is 1. The van der Waals surface area contributed by atoms with Crippen molar-refractivity contribution in [1.29, 1.82) is 0 Å². The van der Waals surface area contributed by atoms with Crippen molar-refractivity contribution in [2.24, 2.45) is 0 Å². The molecular formula is C8H14ClN3OS. The molecule has 4 nitrogen and oxygen atoms in total. The summed E-state index contributed by atoms with van der Waals surface area (Å²) in [6.07, 6.45) is 1.79. The summed E-state index contributed by atoms with van der Waals surface area (Å²) < 4.78 is 0. The van der Waals surface area contributed by atoms with Gasteiger partial charge in [0.15, 0.2) is 5.13 Å². The van der Waals surface area contributed by atoms with Crippen LogP contribution in [0.2, 0.25) is 0 Å². The fourth-order valence-corrected chi connectivity index (χ4v) is 1.88. The number of carbonyl (C=O) groups excluding carboxylic acids is 1. The van der Waals surface area contributed by atoms with Crippen LogP contribution in [0.3, 0.4) is 0 Å². The number of rotatable bonds is 3. The molecule has 0 aliphatic heterocycles. The lowest BCUT2D eigenvalue weighted by Gasteiger charge is -2.05. The summed E-state index contributed by atoms with van der Waals surface area (Å²) in [4.78, 5) is 18.0. The van der Waals surface area contributed by atoms with E-state index in [2.05, 4.69) is 15.2 Å². The van der Waals surface area contributed by atoms with Crippen molar-refractivity contribution >= 4 is 34.8 Å². The second-order valence-corrected chi connectivity index (χ2v) is 4.17. The second-order valence-electron chi connectivity index (χ2n) is 3.05. The van der Waals surface area contributed by atoms with E-state index in [9.17, 15) is 4.79 Å². The predicted molar refractivity (Wildman–Crippen MR) is 61.1 cm³/mol. The van der Waals surface area contributed by atoms with Gasteiger partial charge in [-0.3, -0.25) is 4.79 Å². The van der Waals surface area contributed by atoms with Crippen LogP contribution in [-0.4, -0.2) is 29.9 Å². The lowest BCUT2D eigenvalue weighted by molar-refractivity contribution is -0.114. The summed E-state index contributed by atoms with van der Waals surface area (Å²) in [6.45, 7) is 2.34. The van der Waals surface area contributed by atoms with Crippen LogP contribution in [0, 0.1) is 0 Å². The molecule has 1 heterocycles. The van der Waals surface area contributed by atoms with E-state index in [1.807, 2.05) is 14.1 Å². The third-order valence-corrected chi connectivity index (χ3v) is 2.21. The SMILES string of the molecule is CC(=O)Nc1ncc(CN(C)C)s1.Cl. The fraction of sp³-hybridized carbons (Fsp3) is 0.500. The molecule has 0 aliphatic rings. The Labute approximate surface area is 93.7 Å². The number of hydrogen-bond acceptors (Lipinski definition) is 4. The van der Waals surface area contributed by atoms with Gasteiger partial charge in [-0.25, -0.2) is 4.98 Å². The fourth-order valence-electron chi connectivity index (χ4n) is 0.901. The van der Waals surface area contributed by atoms with E-state index < -0.39 is 0 Å². The maximum Gasteiger partial charge on any atom is 0.223 e. The van der Waals surface area contributed by atoms with Crippen molar-refractivity contribution in [1.82, 2.24) is 9.88 Å². The van der Waals surface area contributed by atoms with E-state index in [1.54, 1.807) is 6.20 Å². The van der Waals surface area contributed by atoms with Crippen LogP contribution >= 0.6 is 23.7 Å². The Morgan fingerprint density at radius 1 is 1.64 bits per heavy atom. The van der Waals surface area contributed by atoms with E-state index in [0.717, 1.165) is 11.4 Å². The first-order valence-electron chi connectivity index (χ1n) is 3.95. The zero-order chi connectivity index (χ0) is 9.84. The molecule has 0 aromatic carbocycles. The number of carbonyl (C=O) groups is 1. The first kappa shape index (κ1) is 13.4. The third kappa shape index (κ3) is 4.55. The molecule has 14 heavy (non-hydrogen) atoms. The van der Waals surface area contributed by atoms with Gasteiger partial charge >= 0.3 is 0 Å². The van der Waals surface area contributed by atoms with Crippen LogP contribution in [0.25, 0.3) is 0 Å². The molecule has 0 spiro atoms. The van der Waals surface area contributed by atoms with E-state index in [1.165, 1.54) is 18.3 Å². The zero-order valence-corrected chi connectivity index (χ0v) is 10.0. The minimum Gasteiger partial charge on any atom is -0.304 e. The monoisotopic (exact) mass is 235 g/mol. The summed E-state index contributed by atoms with van der Waals surface area (Å²) in [7, 11) is 4.00. The van der Waals surface area contributed by atoms with Crippen LogP contribution in [0.1, 0.15) is 11.8 Å². The number of aromatic nitrogens is 1. The van der Waals surface area contributed by atoms with Crippen LogP contribution in [0.15, 0.2) is 6.20 Å². The van der Waals surface area contributed by atoms with Gasteiger partial charge < -0.3 is 10.2 Å². The van der Waals surface area contributed by atoms with Gasteiger partial charge in [0.05, 0.1) is 0 Å². The standard InChI is InChI=1S/C8H13N3OS.ClH/c1-6(12)10-8-9-4-7(13-8)5-11(2)3;/h4H,5H2,1-3H3,(H,9,10,12);1H. The van der Waals surface area contributed by atoms with Gasteiger partial charge in [0.1, 0.15) is 0 Å². The Bertz CT molecular complexity index is 301. The topological polar surface area (TPSA) is 45.2 Å². The van der Waals surface area contributed by atoms with E-state index in [4.69, 9.17) is 0 Å². The Kier molecular flexibility index (Phi) is 5.68. The lowest BCUT2D eigenvalue weighted by atomic mass is 10.5. The molecule has 0 radical (unpaired) electrons. The smallest absolute Gasteiger partial charge is 0.223 e. The summed E-state index contributed by atoms with van der Waals surface area (Å²) in [6, 6.07) is 0. The van der Waals surface area contributed by atoms with Gasteiger partial charge in [0.25, 0.3) is 0 Å². The highest BCUT2D eigenvalue weighted by Crippen LogP contribution is 2.18. The Morgan fingerprint density at radius 2 is 2.29 bits per heavy atom. The summed E-state index contributed by atoms with van der Waals surface area (Å²) in [5, 5.41) is 3.32. The molecule has 0 bridgehead atoms. The summed E-state index contributed by atoms with van der Waals surface area (Å²) in [5.74, 6) is -0.0780. The van der Waals surface area contributed by atoms with E-state index in [0.29, 0.717) is 5.13 Å². The van der Waals surface area contributed by atoms with Gasteiger partial charge in [0, 0.05) is 24.5 Å².